The molecule has 2 atom stereocenters. The zero-order valence-corrected chi connectivity index (χ0v) is 28.2. The molecule has 240 valence electrons. The fourth-order valence-corrected chi connectivity index (χ4v) is 9.43. The predicted molar refractivity (Wildman–Crippen MR) is 210 cm³/mol. The highest BCUT2D eigenvalue weighted by atomic mass is 15.2. The summed E-state index contributed by atoms with van der Waals surface area (Å²) in [5.41, 5.74) is 18.8. The lowest BCUT2D eigenvalue weighted by Crippen LogP contribution is -2.31. The van der Waals surface area contributed by atoms with Crippen molar-refractivity contribution in [2.75, 3.05) is 4.90 Å². The lowest BCUT2D eigenvalue weighted by atomic mass is 9.68. The Morgan fingerprint density at radius 3 is 2.02 bits per heavy atom. The van der Waals surface area contributed by atoms with Gasteiger partial charge in [-0.15, -0.1) is 0 Å². The summed E-state index contributed by atoms with van der Waals surface area (Å²) in [6.45, 7) is 0. The smallest absolute Gasteiger partial charge is 0.0689 e. The third-order valence-corrected chi connectivity index (χ3v) is 11.5. The van der Waals surface area contributed by atoms with Gasteiger partial charge in [0.05, 0.1) is 11.5 Å². The van der Waals surface area contributed by atoms with Crippen LogP contribution in [0, 0.1) is 0 Å². The average molecular weight is 642 g/mol. The molecular weight excluding hydrogens is 603 g/mol. The van der Waals surface area contributed by atoms with E-state index in [2.05, 4.69) is 175 Å². The minimum Gasteiger partial charge on any atom is -0.334 e. The molecule has 5 aromatic carbocycles. The van der Waals surface area contributed by atoms with Gasteiger partial charge in [-0.1, -0.05) is 152 Å². The molecule has 10 rings (SSSR count). The topological polar surface area (TPSA) is 3.24 Å². The van der Waals surface area contributed by atoms with Crippen LogP contribution in [0.1, 0.15) is 54.4 Å². The summed E-state index contributed by atoms with van der Waals surface area (Å²) in [7, 11) is 0. The quantitative estimate of drug-likeness (QED) is 0.185. The van der Waals surface area contributed by atoms with Crippen molar-refractivity contribution in [3.05, 3.63) is 209 Å². The van der Waals surface area contributed by atoms with E-state index in [4.69, 9.17) is 0 Å². The number of hydrogen-bond acceptors (Lipinski definition) is 1. The van der Waals surface area contributed by atoms with Crippen molar-refractivity contribution in [1.82, 2.24) is 0 Å². The van der Waals surface area contributed by atoms with Crippen molar-refractivity contribution in [2.24, 2.45) is 0 Å². The molecule has 0 aromatic heterocycles. The second-order valence-corrected chi connectivity index (χ2v) is 14.1. The van der Waals surface area contributed by atoms with Gasteiger partial charge in [-0.25, -0.2) is 0 Å². The van der Waals surface area contributed by atoms with E-state index in [1.165, 1.54) is 72.6 Å². The van der Waals surface area contributed by atoms with Crippen LogP contribution in [0.15, 0.2) is 187 Å². The molecule has 5 aliphatic rings. The molecule has 1 spiro atoms. The number of nitrogens with zero attached hydrogens (tertiary/aromatic N) is 1. The normalized spacial score (nSPS) is 21.0. The molecular formula is C49H39N. The summed E-state index contributed by atoms with van der Waals surface area (Å²) in [6.07, 6.45) is 24.4. The fraction of sp³-hybridized carbons (Fsp3) is 0.143. The summed E-state index contributed by atoms with van der Waals surface area (Å²) in [5, 5.41) is 0. The molecule has 1 heteroatoms. The Labute approximate surface area is 295 Å². The van der Waals surface area contributed by atoms with Crippen molar-refractivity contribution in [3.63, 3.8) is 0 Å². The molecule has 0 bridgehead atoms. The maximum Gasteiger partial charge on any atom is 0.0689 e. The molecule has 0 saturated carbocycles. The van der Waals surface area contributed by atoms with Gasteiger partial charge in [0.1, 0.15) is 0 Å². The molecule has 0 saturated heterocycles. The van der Waals surface area contributed by atoms with Gasteiger partial charge in [-0.3, -0.25) is 0 Å². The largest absolute Gasteiger partial charge is 0.334 e. The SMILES string of the molecule is C1=CC(C2=CCC(N(c3ccc(-c4ccccc4)cc3)c3cccc4c3-c3ccccc3C43C4=C(C=CCC4)c4ccccc43)C=C2)=CCC1. The van der Waals surface area contributed by atoms with Gasteiger partial charge in [-0.2, -0.15) is 0 Å². The Morgan fingerprint density at radius 1 is 0.540 bits per heavy atom. The van der Waals surface area contributed by atoms with Gasteiger partial charge < -0.3 is 4.90 Å². The maximum absolute atomic E-state index is 2.62. The van der Waals surface area contributed by atoms with Crippen molar-refractivity contribution in [1.29, 1.82) is 0 Å². The minimum atomic E-state index is -0.281. The number of benzene rings is 5. The Balaban J connectivity index is 1.17. The first-order chi connectivity index (χ1) is 24.8. The van der Waals surface area contributed by atoms with Crippen LogP contribution in [-0.2, 0) is 5.41 Å². The number of anilines is 2. The van der Waals surface area contributed by atoms with Gasteiger partial charge in [-0.05, 0) is 112 Å². The van der Waals surface area contributed by atoms with Gasteiger partial charge >= 0.3 is 0 Å². The van der Waals surface area contributed by atoms with E-state index >= 15 is 0 Å². The third kappa shape index (κ3) is 4.33. The van der Waals surface area contributed by atoms with Gasteiger partial charge in [0.25, 0.3) is 0 Å². The maximum atomic E-state index is 2.62. The van der Waals surface area contributed by atoms with Crippen LogP contribution in [-0.4, -0.2) is 6.04 Å². The van der Waals surface area contributed by atoms with Crippen molar-refractivity contribution >= 4 is 16.9 Å². The molecule has 0 heterocycles. The highest BCUT2D eigenvalue weighted by molar-refractivity contribution is 6.01. The highest BCUT2D eigenvalue weighted by Crippen LogP contribution is 2.65. The summed E-state index contributed by atoms with van der Waals surface area (Å²) in [6, 6.07) is 45.7. The Kier molecular flexibility index (Phi) is 6.88. The molecule has 1 nitrogen and oxygen atoms in total. The standard InChI is InChI=1S/C49H39N/c1-3-14-34(15-4-1)36-26-30-38(31-27-36)50(39-32-28-37(29-33-39)35-16-5-2-6-17-35)47-25-13-24-46-48(47)42-20-9-12-23-45(42)49(46)43-21-10-7-18-40(43)41-19-8-11-22-44(41)49/h1,3-5,7-10,12-21,23-32,39H,2,6,11,22,33H2. The second kappa shape index (κ2) is 11.7. The zero-order chi connectivity index (χ0) is 33.1. The predicted octanol–water partition coefficient (Wildman–Crippen LogP) is 12.5. The summed E-state index contributed by atoms with van der Waals surface area (Å²) in [5.74, 6) is 0. The fourth-order valence-electron chi connectivity index (χ4n) is 9.43. The molecule has 0 aliphatic heterocycles. The van der Waals surface area contributed by atoms with Crippen molar-refractivity contribution in [3.8, 4) is 22.3 Å². The lowest BCUT2D eigenvalue weighted by Gasteiger charge is -2.36. The Hall–Kier alpha value is -5.66. The van der Waals surface area contributed by atoms with Crippen LogP contribution < -0.4 is 4.90 Å². The van der Waals surface area contributed by atoms with Crippen LogP contribution in [0.5, 0.6) is 0 Å². The first-order valence-electron chi connectivity index (χ1n) is 18.3. The molecule has 5 aliphatic carbocycles. The third-order valence-electron chi connectivity index (χ3n) is 11.5. The molecule has 0 N–H and O–H groups in total. The number of hydrogen-bond donors (Lipinski definition) is 0. The average Bonchev–Trinajstić information content (AvgIpc) is 3.67. The molecule has 2 unspecified atom stereocenters. The van der Waals surface area contributed by atoms with E-state index in [-0.39, 0.29) is 11.5 Å². The van der Waals surface area contributed by atoms with E-state index in [9.17, 15) is 0 Å². The lowest BCUT2D eigenvalue weighted by molar-refractivity contribution is 0.713. The monoisotopic (exact) mass is 641 g/mol. The molecule has 0 radical (unpaired) electrons. The highest BCUT2D eigenvalue weighted by Gasteiger charge is 2.53. The van der Waals surface area contributed by atoms with Crippen molar-refractivity contribution < 1.29 is 0 Å². The van der Waals surface area contributed by atoms with Gasteiger partial charge in [0, 0.05) is 16.9 Å². The molecule has 50 heavy (non-hydrogen) atoms. The number of rotatable bonds is 5. The summed E-state index contributed by atoms with van der Waals surface area (Å²) < 4.78 is 0. The van der Waals surface area contributed by atoms with Gasteiger partial charge in [0.15, 0.2) is 0 Å². The molecule has 0 fully saturated rings. The van der Waals surface area contributed by atoms with Crippen LogP contribution in [0.25, 0.3) is 27.8 Å². The van der Waals surface area contributed by atoms with E-state index in [0.717, 1.165) is 32.1 Å². The van der Waals surface area contributed by atoms with E-state index in [1.807, 2.05) is 0 Å². The molecule has 5 aromatic rings. The zero-order valence-electron chi connectivity index (χ0n) is 28.2. The van der Waals surface area contributed by atoms with Gasteiger partial charge in [0.2, 0.25) is 0 Å². The minimum absolute atomic E-state index is 0.174. The van der Waals surface area contributed by atoms with Crippen LogP contribution in [0.3, 0.4) is 0 Å². The number of fused-ring (bicyclic) bond motifs is 9. The number of allylic oxidation sites excluding steroid dienone is 10. The first-order valence-corrected chi connectivity index (χ1v) is 18.3. The molecule has 0 amide bonds. The first kappa shape index (κ1) is 29.3. The van der Waals surface area contributed by atoms with E-state index in [0.29, 0.717) is 0 Å². The van der Waals surface area contributed by atoms with Crippen molar-refractivity contribution in [2.45, 2.75) is 43.6 Å². The van der Waals surface area contributed by atoms with E-state index in [1.54, 1.807) is 5.57 Å². The van der Waals surface area contributed by atoms with E-state index < -0.39 is 0 Å². The Morgan fingerprint density at radius 2 is 1.24 bits per heavy atom. The van der Waals surface area contributed by atoms with Crippen LogP contribution >= 0.6 is 0 Å². The van der Waals surface area contributed by atoms with Crippen LogP contribution in [0.4, 0.5) is 11.4 Å². The second-order valence-electron chi connectivity index (χ2n) is 14.1. The summed E-state index contributed by atoms with van der Waals surface area (Å²) in [4.78, 5) is 2.62. The van der Waals surface area contributed by atoms with Crippen LogP contribution in [0.2, 0.25) is 0 Å². The summed E-state index contributed by atoms with van der Waals surface area (Å²) >= 11 is 0. The Bertz CT molecular complexity index is 2340.